The van der Waals surface area contributed by atoms with E-state index in [2.05, 4.69) is 26.1 Å². The standard InChI is InChI=1S/C15H23Cl2N/c1-4-6-12(10-18-11(2)3)9-13-14(16)7-5-8-15(13)17/h5,7-8,11-12,18H,4,6,9-10H2,1-3H3. The maximum Gasteiger partial charge on any atom is 0.0452 e. The van der Waals surface area contributed by atoms with Gasteiger partial charge in [0.15, 0.2) is 0 Å². The van der Waals surface area contributed by atoms with Gasteiger partial charge >= 0.3 is 0 Å². The summed E-state index contributed by atoms with van der Waals surface area (Å²) < 4.78 is 0. The van der Waals surface area contributed by atoms with Crippen LogP contribution in [0.25, 0.3) is 0 Å². The normalized spacial score (nSPS) is 13.0. The summed E-state index contributed by atoms with van der Waals surface area (Å²) in [6.07, 6.45) is 3.33. The first-order chi connectivity index (χ1) is 8.54. The van der Waals surface area contributed by atoms with Crippen LogP contribution >= 0.6 is 23.2 Å². The lowest BCUT2D eigenvalue weighted by molar-refractivity contribution is 0.418. The molecule has 1 rings (SSSR count). The molecule has 0 saturated heterocycles. The van der Waals surface area contributed by atoms with Crippen molar-refractivity contribution in [3.05, 3.63) is 33.8 Å². The van der Waals surface area contributed by atoms with Gasteiger partial charge in [0.05, 0.1) is 0 Å². The molecule has 1 aromatic carbocycles. The van der Waals surface area contributed by atoms with Crippen LogP contribution < -0.4 is 5.32 Å². The van der Waals surface area contributed by atoms with E-state index in [0.717, 1.165) is 28.6 Å². The molecule has 0 aliphatic rings. The summed E-state index contributed by atoms with van der Waals surface area (Å²) in [4.78, 5) is 0. The van der Waals surface area contributed by atoms with Crippen LogP contribution in [0.1, 0.15) is 39.2 Å². The first kappa shape index (κ1) is 15.8. The Kier molecular flexibility index (Phi) is 7.06. The molecule has 1 N–H and O–H groups in total. The summed E-state index contributed by atoms with van der Waals surface area (Å²) in [6, 6.07) is 6.25. The zero-order valence-corrected chi connectivity index (χ0v) is 13.0. The Bertz CT molecular complexity index is 343. The van der Waals surface area contributed by atoms with Crippen LogP contribution in [0.4, 0.5) is 0 Å². The summed E-state index contributed by atoms with van der Waals surface area (Å²) in [5.74, 6) is 0.592. The highest BCUT2D eigenvalue weighted by molar-refractivity contribution is 6.35. The fourth-order valence-electron chi connectivity index (χ4n) is 2.10. The number of hydrogen-bond donors (Lipinski definition) is 1. The Labute approximate surface area is 121 Å². The molecule has 0 aromatic heterocycles. The minimum absolute atomic E-state index is 0.520. The molecule has 1 aromatic rings. The topological polar surface area (TPSA) is 12.0 Å². The molecule has 3 heteroatoms. The first-order valence-corrected chi connectivity index (χ1v) is 7.46. The second kappa shape index (κ2) is 8.04. The van der Waals surface area contributed by atoms with Gasteiger partial charge in [-0.3, -0.25) is 0 Å². The van der Waals surface area contributed by atoms with E-state index < -0.39 is 0 Å². The zero-order chi connectivity index (χ0) is 13.5. The van der Waals surface area contributed by atoms with E-state index in [0.29, 0.717) is 12.0 Å². The van der Waals surface area contributed by atoms with E-state index in [9.17, 15) is 0 Å². The Balaban J connectivity index is 2.70. The third-order valence-corrected chi connectivity index (χ3v) is 3.77. The fraction of sp³-hybridized carbons (Fsp3) is 0.600. The van der Waals surface area contributed by atoms with Gasteiger partial charge in [0.25, 0.3) is 0 Å². The van der Waals surface area contributed by atoms with Crippen molar-refractivity contribution in [1.82, 2.24) is 5.32 Å². The van der Waals surface area contributed by atoms with E-state index >= 15 is 0 Å². The molecule has 0 spiro atoms. The van der Waals surface area contributed by atoms with Crippen molar-refractivity contribution in [3.8, 4) is 0 Å². The molecule has 1 nitrogen and oxygen atoms in total. The molecule has 1 unspecified atom stereocenters. The highest BCUT2D eigenvalue weighted by Crippen LogP contribution is 2.28. The smallest absolute Gasteiger partial charge is 0.0452 e. The zero-order valence-electron chi connectivity index (χ0n) is 11.5. The summed E-state index contributed by atoms with van der Waals surface area (Å²) in [6.45, 7) is 7.58. The van der Waals surface area contributed by atoms with E-state index in [1.54, 1.807) is 0 Å². The van der Waals surface area contributed by atoms with Crippen LogP contribution in [0, 0.1) is 5.92 Å². The van der Waals surface area contributed by atoms with Crippen molar-refractivity contribution in [2.75, 3.05) is 6.54 Å². The van der Waals surface area contributed by atoms with Gasteiger partial charge in [0.2, 0.25) is 0 Å². The van der Waals surface area contributed by atoms with Crippen LogP contribution in [0.15, 0.2) is 18.2 Å². The van der Waals surface area contributed by atoms with Gasteiger partial charge in [0, 0.05) is 16.1 Å². The lowest BCUT2D eigenvalue weighted by Crippen LogP contribution is -2.30. The maximum absolute atomic E-state index is 6.23. The van der Waals surface area contributed by atoms with Crippen molar-refractivity contribution in [2.45, 2.75) is 46.1 Å². The highest BCUT2D eigenvalue weighted by atomic mass is 35.5. The second-order valence-corrected chi connectivity index (χ2v) is 5.94. The van der Waals surface area contributed by atoms with Crippen LogP contribution in [-0.4, -0.2) is 12.6 Å². The number of benzene rings is 1. The molecule has 18 heavy (non-hydrogen) atoms. The number of rotatable bonds is 7. The Hall–Kier alpha value is -0.240. The molecule has 0 radical (unpaired) electrons. The fourth-order valence-corrected chi connectivity index (χ4v) is 2.65. The quantitative estimate of drug-likeness (QED) is 0.748. The highest BCUT2D eigenvalue weighted by Gasteiger charge is 2.13. The third-order valence-electron chi connectivity index (χ3n) is 3.07. The van der Waals surface area contributed by atoms with Crippen LogP contribution in [-0.2, 0) is 6.42 Å². The maximum atomic E-state index is 6.23. The van der Waals surface area contributed by atoms with Crippen LogP contribution in [0.5, 0.6) is 0 Å². The predicted molar refractivity (Wildman–Crippen MR) is 81.7 cm³/mol. The Morgan fingerprint density at radius 1 is 1.17 bits per heavy atom. The van der Waals surface area contributed by atoms with Crippen LogP contribution in [0.2, 0.25) is 10.0 Å². The molecule has 1 atom stereocenters. The molecule has 102 valence electrons. The molecule has 0 bridgehead atoms. The minimum Gasteiger partial charge on any atom is -0.314 e. The Morgan fingerprint density at radius 2 is 1.78 bits per heavy atom. The van der Waals surface area contributed by atoms with Gasteiger partial charge < -0.3 is 5.32 Å². The SMILES string of the molecule is CCCC(CNC(C)C)Cc1c(Cl)cccc1Cl. The van der Waals surface area contributed by atoms with Gasteiger partial charge in [-0.1, -0.05) is 56.5 Å². The summed E-state index contributed by atoms with van der Waals surface area (Å²) in [5, 5.41) is 5.07. The van der Waals surface area contributed by atoms with Gasteiger partial charge in [-0.05, 0) is 43.0 Å². The average molecular weight is 288 g/mol. The number of halogens is 2. The average Bonchev–Trinajstić information content (AvgIpc) is 2.30. The molecule has 0 amide bonds. The summed E-state index contributed by atoms with van der Waals surface area (Å²) in [7, 11) is 0. The summed E-state index contributed by atoms with van der Waals surface area (Å²) in [5.41, 5.74) is 1.09. The molecule has 0 fully saturated rings. The molecule has 0 saturated carbocycles. The van der Waals surface area contributed by atoms with E-state index in [4.69, 9.17) is 23.2 Å². The molecule has 0 heterocycles. The number of nitrogens with one attached hydrogen (secondary N) is 1. The van der Waals surface area contributed by atoms with E-state index in [1.165, 1.54) is 12.8 Å². The van der Waals surface area contributed by atoms with Gasteiger partial charge in [-0.2, -0.15) is 0 Å². The van der Waals surface area contributed by atoms with Gasteiger partial charge in [0.1, 0.15) is 0 Å². The summed E-state index contributed by atoms with van der Waals surface area (Å²) >= 11 is 12.5. The minimum atomic E-state index is 0.520. The van der Waals surface area contributed by atoms with Crippen molar-refractivity contribution < 1.29 is 0 Å². The third kappa shape index (κ3) is 5.17. The van der Waals surface area contributed by atoms with Gasteiger partial charge in [-0.25, -0.2) is 0 Å². The van der Waals surface area contributed by atoms with Crippen LogP contribution in [0.3, 0.4) is 0 Å². The lowest BCUT2D eigenvalue weighted by Gasteiger charge is -2.20. The largest absolute Gasteiger partial charge is 0.314 e. The van der Waals surface area contributed by atoms with Crippen molar-refractivity contribution in [1.29, 1.82) is 0 Å². The van der Waals surface area contributed by atoms with E-state index in [1.807, 2.05) is 18.2 Å². The molecular weight excluding hydrogens is 265 g/mol. The first-order valence-electron chi connectivity index (χ1n) is 6.70. The molecule has 0 aliphatic heterocycles. The lowest BCUT2D eigenvalue weighted by atomic mass is 9.94. The van der Waals surface area contributed by atoms with Crippen molar-refractivity contribution >= 4 is 23.2 Å². The van der Waals surface area contributed by atoms with E-state index in [-0.39, 0.29) is 0 Å². The molecule has 0 aliphatic carbocycles. The predicted octanol–water partition coefficient (Wildman–Crippen LogP) is 4.95. The second-order valence-electron chi connectivity index (χ2n) is 5.12. The Morgan fingerprint density at radius 3 is 2.28 bits per heavy atom. The number of hydrogen-bond acceptors (Lipinski definition) is 1. The monoisotopic (exact) mass is 287 g/mol. The van der Waals surface area contributed by atoms with Crippen molar-refractivity contribution in [3.63, 3.8) is 0 Å². The van der Waals surface area contributed by atoms with Crippen molar-refractivity contribution in [2.24, 2.45) is 5.92 Å². The molecular formula is C15H23Cl2N. The van der Waals surface area contributed by atoms with Gasteiger partial charge in [-0.15, -0.1) is 0 Å².